The van der Waals surface area contributed by atoms with Crippen molar-refractivity contribution >= 4 is 19.8 Å². The van der Waals surface area contributed by atoms with Gasteiger partial charge in [-0.2, -0.15) is 0 Å². The van der Waals surface area contributed by atoms with Crippen molar-refractivity contribution in [1.29, 1.82) is 0 Å². The molecule has 0 heterocycles. The second kappa shape index (κ2) is 35.5. The number of unbranched alkanes of at least 4 members (excludes halogenated alkanes) is 23. The molecule has 0 bridgehead atoms. The lowest BCUT2D eigenvalue weighted by molar-refractivity contribution is -0.870. The molecule has 0 amide bonds. The molecule has 308 valence electrons. The fourth-order valence-corrected chi connectivity index (χ4v) is 6.63. The highest BCUT2D eigenvalue weighted by Crippen LogP contribution is 2.43. The molecule has 0 radical (unpaired) electrons. The number of phosphoric ester groups is 1. The first-order valence-electron chi connectivity index (χ1n) is 21.4. The van der Waals surface area contributed by atoms with Gasteiger partial charge < -0.3 is 18.9 Å². The van der Waals surface area contributed by atoms with Crippen molar-refractivity contribution in [1.82, 2.24) is 0 Å². The highest BCUT2D eigenvalue weighted by molar-refractivity contribution is 7.47. The van der Waals surface area contributed by atoms with Gasteiger partial charge in [-0.05, 0) is 38.5 Å². The molecule has 0 saturated heterocycles. The summed E-state index contributed by atoms with van der Waals surface area (Å²) in [6, 6.07) is 0. The SMILES string of the molecule is CCCCCCCC/C=C/CCCCCCCCCCCC(=O)O[C@H](COC(=O)CCCCCCCCCCC)COP(=O)(O)OCC[N+](C)(C)C. The van der Waals surface area contributed by atoms with Crippen molar-refractivity contribution in [2.24, 2.45) is 0 Å². The van der Waals surface area contributed by atoms with Crippen LogP contribution in [-0.4, -0.2) is 74.9 Å². The van der Waals surface area contributed by atoms with Gasteiger partial charge in [-0.15, -0.1) is 0 Å². The minimum Gasteiger partial charge on any atom is -0.462 e. The Hall–Kier alpha value is -1.25. The lowest BCUT2D eigenvalue weighted by Crippen LogP contribution is -2.37. The Labute approximate surface area is 320 Å². The van der Waals surface area contributed by atoms with Crippen molar-refractivity contribution in [3.63, 3.8) is 0 Å². The van der Waals surface area contributed by atoms with Crippen LogP contribution in [0.2, 0.25) is 0 Å². The van der Waals surface area contributed by atoms with E-state index in [1.807, 2.05) is 21.1 Å². The summed E-state index contributed by atoms with van der Waals surface area (Å²) < 4.78 is 34.2. The van der Waals surface area contributed by atoms with Gasteiger partial charge in [0.05, 0.1) is 27.7 Å². The minimum absolute atomic E-state index is 0.0342. The number of carbonyl (C=O) groups excluding carboxylic acids is 2. The number of ether oxygens (including phenoxy) is 2. The van der Waals surface area contributed by atoms with Gasteiger partial charge in [0.15, 0.2) is 6.10 Å². The fourth-order valence-electron chi connectivity index (χ4n) is 5.89. The Balaban J connectivity index is 4.28. The van der Waals surface area contributed by atoms with E-state index in [-0.39, 0.29) is 25.6 Å². The molecule has 0 fully saturated rings. The molecule has 9 nitrogen and oxygen atoms in total. The molecule has 0 rings (SSSR count). The highest BCUT2D eigenvalue weighted by atomic mass is 31.2. The highest BCUT2D eigenvalue weighted by Gasteiger charge is 2.27. The van der Waals surface area contributed by atoms with Crippen LogP contribution in [0.25, 0.3) is 0 Å². The molecule has 2 atom stereocenters. The number of phosphoric acid groups is 1. The zero-order valence-corrected chi connectivity index (χ0v) is 35.5. The molecule has 1 N–H and O–H groups in total. The Morgan fingerprint density at radius 1 is 0.577 bits per heavy atom. The van der Waals surface area contributed by atoms with Crippen molar-refractivity contribution in [3.8, 4) is 0 Å². The van der Waals surface area contributed by atoms with E-state index in [1.54, 1.807) is 0 Å². The van der Waals surface area contributed by atoms with Crippen LogP contribution in [0, 0.1) is 0 Å². The van der Waals surface area contributed by atoms with Gasteiger partial charge in [-0.1, -0.05) is 154 Å². The third-order valence-corrected chi connectivity index (χ3v) is 10.3. The molecule has 0 aliphatic heterocycles. The number of allylic oxidation sites excluding steroid dienone is 2. The van der Waals surface area contributed by atoms with Crippen molar-refractivity contribution in [2.45, 2.75) is 200 Å². The number of rotatable bonds is 39. The summed E-state index contributed by atoms with van der Waals surface area (Å²) in [5.41, 5.74) is 0. The number of quaternary nitrogens is 1. The maximum Gasteiger partial charge on any atom is 0.472 e. The largest absolute Gasteiger partial charge is 0.472 e. The number of nitrogens with zero attached hydrogens (tertiary/aromatic N) is 1. The van der Waals surface area contributed by atoms with E-state index in [2.05, 4.69) is 26.0 Å². The van der Waals surface area contributed by atoms with Crippen LogP contribution in [0.15, 0.2) is 12.2 Å². The third kappa shape index (κ3) is 38.5. The molecule has 0 aromatic carbocycles. The second-order valence-electron chi connectivity index (χ2n) is 15.7. The quantitative estimate of drug-likeness (QED) is 0.0217. The van der Waals surface area contributed by atoms with Crippen LogP contribution in [0.1, 0.15) is 194 Å². The zero-order valence-electron chi connectivity index (χ0n) is 34.6. The lowest BCUT2D eigenvalue weighted by atomic mass is 10.1. The van der Waals surface area contributed by atoms with E-state index in [0.717, 1.165) is 32.1 Å². The molecule has 0 aliphatic carbocycles. The molecule has 52 heavy (non-hydrogen) atoms. The summed E-state index contributed by atoms with van der Waals surface area (Å²) in [6.45, 7) is 4.40. The average Bonchev–Trinajstić information content (AvgIpc) is 3.09. The van der Waals surface area contributed by atoms with Crippen LogP contribution in [-0.2, 0) is 32.7 Å². The van der Waals surface area contributed by atoms with E-state index in [1.165, 1.54) is 128 Å². The summed E-state index contributed by atoms with van der Waals surface area (Å²) >= 11 is 0. The smallest absolute Gasteiger partial charge is 0.462 e. The van der Waals surface area contributed by atoms with Crippen molar-refractivity contribution in [2.75, 3.05) is 47.5 Å². The number of hydrogen-bond donors (Lipinski definition) is 1. The number of carbonyl (C=O) groups is 2. The second-order valence-corrected chi connectivity index (χ2v) is 17.2. The molecule has 0 aliphatic rings. The van der Waals surface area contributed by atoms with Gasteiger partial charge in [0.25, 0.3) is 0 Å². The Bertz CT molecular complexity index is 907. The summed E-state index contributed by atoms with van der Waals surface area (Å²) in [5.74, 6) is -0.797. The number of esters is 2. The van der Waals surface area contributed by atoms with Crippen LogP contribution in [0.4, 0.5) is 0 Å². The summed E-state index contributed by atoms with van der Waals surface area (Å²) in [7, 11) is 1.48. The minimum atomic E-state index is -4.36. The van der Waals surface area contributed by atoms with E-state index in [9.17, 15) is 19.0 Å². The fraction of sp³-hybridized carbons (Fsp3) is 0.905. The molecular formula is C42H83NO8P+. The van der Waals surface area contributed by atoms with Gasteiger partial charge in [0, 0.05) is 12.8 Å². The summed E-state index contributed by atoms with van der Waals surface area (Å²) in [4.78, 5) is 35.2. The molecule has 0 aromatic rings. The average molecular weight is 761 g/mol. The number of hydrogen-bond acceptors (Lipinski definition) is 7. The lowest BCUT2D eigenvalue weighted by Gasteiger charge is -2.24. The van der Waals surface area contributed by atoms with Crippen molar-refractivity contribution in [3.05, 3.63) is 12.2 Å². The Kier molecular flexibility index (Phi) is 34.6. The van der Waals surface area contributed by atoms with Gasteiger partial charge in [0.2, 0.25) is 0 Å². The van der Waals surface area contributed by atoms with Gasteiger partial charge in [-0.25, -0.2) is 4.57 Å². The molecule has 10 heteroatoms. The predicted octanol–water partition coefficient (Wildman–Crippen LogP) is 11.8. The topological polar surface area (TPSA) is 108 Å². The maximum absolute atomic E-state index is 12.7. The Morgan fingerprint density at radius 3 is 1.42 bits per heavy atom. The normalized spacial score (nSPS) is 13.7. The number of likely N-dealkylation sites (N-methyl/N-ethyl adjacent to an activating group) is 1. The van der Waals surface area contributed by atoms with E-state index >= 15 is 0 Å². The van der Waals surface area contributed by atoms with Gasteiger partial charge in [-0.3, -0.25) is 18.6 Å². The van der Waals surface area contributed by atoms with E-state index in [0.29, 0.717) is 23.9 Å². The van der Waals surface area contributed by atoms with Gasteiger partial charge in [0.1, 0.15) is 19.8 Å². The first-order valence-corrected chi connectivity index (χ1v) is 22.9. The predicted molar refractivity (Wildman–Crippen MR) is 215 cm³/mol. The van der Waals surface area contributed by atoms with Crippen LogP contribution >= 0.6 is 7.82 Å². The Morgan fingerprint density at radius 2 is 0.981 bits per heavy atom. The third-order valence-electron chi connectivity index (χ3n) is 9.30. The van der Waals surface area contributed by atoms with Crippen molar-refractivity contribution < 1.29 is 42.1 Å². The van der Waals surface area contributed by atoms with Crippen LogP contribution in [0.5, 0.6) is 0 Å². The molecular weight excluding hydrogens is 677 g/mol. The van der Waals surface area contributed by atoms with Gasteiger partial charge >= 0.3 is 19.8 Å². The van der Waals surface area contributed by atoms with E-state index in [4.69, 9.17) is 18.5 Å². The molecule has 1 unspecified atom stereocenters. The van der Waals surface area contributed by atoms with Crippen LogP contribution < -0.4 is 0 Å². The van der Waals surface area contributed by atoms with Crippen LogP contribution in [0.3, 0.4) is 0 Å². The summed E-state index contributed by atoms with van der Waals surface area (Å²) in [6.07, 6.45) is 35.5. The van der Waals surface area contributed by atoms with E-state index < -0.39 is 26.5 Å². The standard InChI is InChI=1S/C42H82NO8P/c1-6-8-10-12-14-16-17-18-19-20-21-22-23-24-25-27-29-31-33-35-42(45)51-40(39-50-52(46,47)49-37-36-43(3,4)5)38-48-41(44)34-32-30-28-26-15-13-11-9-7-2/h18-19,40H,6-17,20-39H2,1-5H3/p+1/b19-18+/t40-/m1/s1. The maximum atomic E-state index is 12.7. The first-order chi connectivity index (χ1) is 25.0. The molecule has 0 spiro atoms. The summed E-state index contributed by atoms with van der Waals surface area (Å²) in [5, 5.41) is 0. The molecule has 0 saturated carbocycles. The molecule has 0 aromatic heterocycles. The first kappa shape index (κ1) is 50.8. The monoisotopic (exact) mass is 761 g/mol. The zero-order chi connectivity index (χ0) is 38.6.